The van der Waals surface area contributed by atoms with Crippen LogP contribution in [0.15, 0.2) is 12.2 Å². The topological polar surface area (TPSA) is 66.4 Å². The van der Waals surface area contributed by atoms with E-state index < -0.39 is 11.9 Å². The zero-order chi connectivity index (χ0) is 12.7. The summed E-state index contributed by atoms with van der Waals surface area (Å²) in [5.74, 6) is 0.253. The van der Waals surface area contributed by atoms with Crippen LogP contribution in [0, 0.1) is 29.6 Å². The molecular weight excluding hydrogens is 230 g/mol. The molecule has 0 spiro atoms. The van der Waals surface area contributed by atoms with Gasteiger partial charge in [0.15, 0.2) is 0 Å². The predicted molar refractivity (Wildman–Crippen MR) is 65.7 cm³/mol. The van der Waals surface area contributed by atoms with E-state index in [1.54, 1.807) is 0 Å². The average Bonchev–Trinajstić information content (AvgIpc) is 3.18. The number of rotatable bonds is 4. The largest absolute Gasteiger partial charge is 0.481 e. The molecule has 0 aromatic carbocycles. The van der Waals surface area contributed by atoms with E-state index >= 15 is 0 Å². The van der Waals surface area contributed by atoms with Gasteiger partial charge in [0, 0.05) is 6.54 Å². The van der Waals surface area contributed by atoms with Crippen LogP contribution in [-0.2, 0) is 9.59 Å². The second-order valence-electron chi connectivity index (χ2n) is 5.91. The van der Waals surface area contributed by atoms with Gasteiger partial charge >= 0.3 is 5.97 Å². The highest BCUT2D eigenvalue weighted by Gasteiger charge is 2.48. The highest BCUT2D eigenvalue weighted by atomic mass is 16.4. The summed E-state index contributed by atoms with van der Waals surface area (Å²) in [6.45, 7) is 0.715. The third-order valence-corrected chi connectivity index (χ3v) is 4.70. The molecule has 2 N–H and O–H groups in total. The normalized spacial score (nSPS) is 40.6. The van der Waals surface area contributed by atoms with E-state index in [0.717, 1.165) is 0 Å². The molecule has 18 heavy (non-hydrogen) atoms. The first-order chi connectivity index (χ1) is 8.65. The quantitative estimate of drug-likeness (QED) is 0.741. The molecule has 2 bridgehead atoms. The summed E-state index contributed by atoms with van der Waals surface area (Å²) in [6.07, 6.45) is 8.82. The summed E-state index contributed by atoms with van der Waals surface area (Å²) in [4.78, 5) is 22.5. The van der Waals surface area contributed by atoms with Gasteiger partial charge in [0.05, 0.1) is 11.8 Å². The molecule has 0 saturated heterocycles. The van der Waals surface area contributed by atoms with E-state index in [1.807, 2.05) is 0 Å². The lowest BCUT2D eigenvalue weighted by Gasteiger charge is -2.38. The minimum absolute atomic E-state index is 0.0622. The fourth-order valence-corrected chi connectivity index (χ4v) is 3.41. The van der Waals surface area contributed by atoms with Crippen molar-refractivity contribution in [2.45, 2.75) is 25.7 Å². The molecule has 98 valence electrons. The maximum atomic E-state index is 11.8. The lowest BCUT2D eigenvalue weighted by molar-refractivity contribution is -0.140. The van der Waals surface area contributed by atoms with E-state index in [1.165, 1.54) is 19.3 Å². The number of carbonyl (C=O) groups excluding carboxylic acids is 1. The van der Waals surface area contributed by atoms with Crippen LogP contribution in [0.3, 0.4) is 0 Å². The summed E-state index contributed by atoms with van der Waals surface area (Å²) in [5, 5.41) is 11.7. The molecule has 0 aliphatic heterocycles. The first-order valence-corrected chi connectivity index (χ1v) is 6.84. The van der Waals surface area contributed by atoms with Crippen LogP contribution in [0.25, 0.3) is 0 Å². The molecular formula is C14H19NO3. The summed E-state index contributed by atoms with van der Waals surface area (Å²) in [5.41, 5.74) is 0. The van der Waals surface area contributed by atoms with Crippen molar-refractivity contribution in [2.75, 3.05) is 6.54 Å². The highest BCUT2D eigenvalue weighted by molar-refractivity contribution is 5.89. The monoisotopic (exact) mass is 249 g/mol. The third-order valence-electron chi connectivity index (χ3n) is 4.70. The van der Waals surface area contributed by atoms with Gasteiger partial charge in [0.25, 0.3) is 0 Å². The van der Waals surface area contributed by atoms with E-state index in [2.05, 4.69) is 17.5 Å². The second kappa shape index (κ2) is 4.41. The van der Waals surface area contributed by atoms with Crippen LogP contribution in [0.5, 0.6) is 0 Å². The number of hydrogen-bond acceptors (Lipinski definition) is 2. The van der Waals surface area contributed by atoms with Crippen molar-refractivity contribution in [2.24, 2.45) is 29.6 Å². The molecule has 4 nitrogen and oxygen atoms in total. The Balaban J connectivity index is 1.47. The Morgan fingerprint density at radius 2 is 2.00 bits per heavy atom. The Morgan fingerprint density at radius 1 is 1.17 bits per heavy atom. The van der Waals surface area contributed by atoms with Gasteiger partial charge in [-0.3, -0.25) is 9.59 Å². The number of carboxylic acid groups (broad SMARTS) is 1. The van der Waals surface area contributed by atoms with Crippen molar-refractivity contribution in [1.82, 2.24) is 5.32 Å². The molecule has 4 aliphatic carbocycles. The third kappa shape index (κ3) is 2.16. The van der Waals surface area contributed by atoms with Gasteiger partial charge in [-0.15, -0.1) is 0 Å². The lowest BCUT2D eigenvalue weighted by Crippen LogP contribution is -2.38. The molecule has 2 fully saturated rings. The smallest absolute Gasteiger partial charge is 0.307 e. The summed E-state index contributed by atoms with van der Waals surface area (Å²) >= 11 is 0. The molecule has 0 radical (unpaired) electrons. The first-order valence-electron chi connectivity index (χ1n) is 6.84. The Labute approximate surface area is 106 Å². The van der Waals surface area contributed by atoms with E-state index in [-0.39, 0.29) is 11.8 Å². The predicted octanol–water partition coefficient (Wildman–Crippen LogP) is 1.43. The van der Waals surface area contributed by atoms with E-state index in [9.17, 15) is 9.59 Å². The Bertz CT molecular complexity index is 404. The molecule has 1 amide bonds. The summed E-state index contributed by atoms with van der Waals surface area (Å²) < 4.78 is 0. The zero-order valence-corrected chi connectivity index (χ0v) is 10.3. The maximum absolute atomic E-state index is 11.8. The number of carboxylic acids is 1. The fraction of sp³-hybridized carbons (Fsp3) is 0.714. The molecule has 4 aliphatic rings. The van der Waals surface area contributed by atoms with Crippen LogP contribution >= 0.6 is 0 Å². The van der Waals surface area contributed by atoms with Crippen LogP contribution in [-0.4, -0.2) is 23.5 Å². The standard InChI is InChI=1S/C14H19NO3/c16-13(11-6-12(11)14(17)18)15-7-10-5-8-1-3-9(10)4-2-8/h1,3,8-12H,2,4-7H2,(H,15,16)(H,17,18)/t8-,9-,10-,11-,12+/m0/s1. The number of allylic oxidation sites excluding steroid dienone is 2. The van der Waals surface area contributed by atoms with Gasteiger partial charge in [-0.1, -0.05) is 12.2 Å². The van der Waals surface area contributed by atoms with E-state index in [4.69, 9.17) is 5.11 Å². The number of nitrogens with one attached hydrogen (secondary N) is 1. The minimum atomic E-state index is -0.838. The van der Waals surface area contributed by atoms with Crippen molar-refractivity contribution in [1.29, 1.82) is 0 Å². The van der Waals surface area contributed by atoms with Crippen LogP contribution in [0.1, 0.15) is 25.7 Å². The number of amides is 1. The van der Waals surface area contributed by atoms with Gasteiger partial charge in [-0.05, 0) is 43.4 Å². The van der Waals surface area contributed by atoms with Crippen molar-refractivity contribution in [3.63, 3.8) is 0 Å². The molecule has 4 heteroatoms. The molecule has 0 aromatic heterocycles. The Hall–Kier alpha value is -1.32. The average molecular weight is 249 g/mol. The number of hydrogen-bond donors (Lipinski definition) is 2. The van der Waals surface area contributed by atoms with Crippen molar-refractivity contribution in [3.8, 4) is 0 Å². The summed E-state index contributed by atoms with van der Waals surface area (Å²) in [7, 11) is 0. The van der Waals surface area contributed by atoms with Crippen LogP contribution in [0.4, 0.5) is 0 Å². The first kappa shape index (κ1) is 11.8. The number of carbonyl (C=O) groups is 2. The van der Waals surface area contributed by atoms with E-state index in [0.29, 0.717) is 30.7 Å². The fourth-order valence-electron chi connectivity index (χ4n) is 3.41. The molecule has 4 rings (SSSR count). The van der Waals surface area contributed by atoms with Crippen molar-refractivity contribution >= 4 is 11.9 Å². The zero-order valence-electron chi connectivity index (χ0n) is 10.3. The van der Waals surface area contributed by atoms with Gasteiger partial charge in [0.1, 0.15) is 0 Å². The lowest BCUT2D eigenvalue weighted by atomic mass is 9.69. The molecule has 0 heterocycles. The highest BCUT2D eigenvalue weighted by Crippen LogP contribution is 2.41. The molecule has 0 unspecified atom stereocenters. The van der Waals surface area contributed by atoms with Crippen molar-refractivity contribution in [3.05, 3.63) is 12.2 Å². The van der Waals surface area contributed by atoms with Crippen LogP contribution in [0.2, 0.25) is 0 Å². The molecule has 5 atom stereocenters. The van der Waals surface area contributed by atoms with Crippen molar-refractivity contribution < 1.29 is 14.7 Å². The van der Waals surface area contributed by atoms with Gasteiger partial charge in [-0.25, -0.2) is 0 Å². The Morgan fingerprint density at radius 3 is 2.50 bits per heavy atom. The summed E-state index contributed by atoms with van der Waals surface area (Å²) in [6, 6.07) is 0. The molecule has 2 saturated carbocycles. The second-order valence-corrected chi connectivity index (χ2v) is 5.91. The Kier molecular flexibility index (Phi) is 2.88. The van der Waals surface area contributed by atoms with Gasteiger partial charge < -0.3 is 10.4 Å². The van der Waals surface area contributed by atoms with Crippen LogP contribution < -0.4 is 5.32 Å². The molecule has 0 aromatic rings. The SMILES string of the molecule is O=C(NC[C@@H]1C[C@H]2C=C[C@H]1CC2)[C@H]1C[C@H]1C(=O)O. The number of fused-ring (bicyclic) bond motifs is 2. The minimum Gasteiger partial charge on any atom is -0.481 e. The maximum Gasteiger partial charge on any atom is 0.307 e. The number of aliphatic carboxylic acids is 1. The van der Waals surface area contributed by atoms with Gasteiger partial charge in [-0.2, -0.15) is 0 Å². The van der Waals surface area contributed by atoms with Gasteiger partial charge in [0.2, 0.25) is 5.91 Å².